The summed E-state index contributed by atoms with van der Waals surface area (Å²) >= 11 is 0. The predicted molar refractivity (Wildman–Crippen MR) is 45.6 cm³/mol. The van der Waals surface area contributed by atoms with Gasteiger partial charge in [-0.3, -0.25) is 4.79 Å². The topological polar surface area (TPSA) is 26.3 Å². The molecule has 0 aliphatic rings. The highest BCUT2D eigenvalue weighted by Gasteiger charge is 1.96. The third-order valence-corrected chi connectivity index (χ3v) is 1.59. The normalized spacial score (nSPS) is 10.0. The van der Waals surface area contributed by atoms with Gasteiger partial charge in [0.05, 0.1) is 0 Å². The lowest BCUT2D eigenvalue weighted by atomic mass is 10.1. The zero-order valence-electron chi connectivity index (χ0n) is 7.56. The molecule has 66 valence electrons. The highest BCUT2D eigenvalue weighted by atomic mass is 16.5. The molecule has 2 nitrogen and oxygen atoms in total. The Morgan fingerprint density at radius 1 is 1.27 bits per heavy atom. The van der Waals surface area contributed by atoms with E-state index in [2.05, 4.69) is 0 Å². The summed E-state index contributed by atoms with van der Waals surface area (Å²) in [4.78, 5) is 10.8. The number of hydrogen-bond donors (Lipinski definition) is 0. The van der Waals surface area contributed by atoms with Crippen molar-refractivity contribution in [2.24, 2.45) is 0 Å². The van der Waals surface area contributed by atoms with Gasteiger partial charge in [0.2, 0.25) is 0 Å². The van der Waals surface area contributed by atoms with Crippen molar-refractivity contribution < 1.29 is 9.53 Å². The largest absolute Gasteiger partial charge is 0.382 e. The molecule has 11 heavy (non-hydrogen) atoms. The van der Waals surface area contributed by atoms with Gasteiger partial charge in [-0.2, -0.15) is 0 Å². The van der Waals surface area contributed by atoms with Crippen LogP contribution in [0.4, 0.5) is 0 Å². The molecule has 0 atom stereocenters. The maximum absolute atomic E-state index is 10.8. The minimum Gasteiger partial charge on any atom is -0.382 e. The molecule has 0 aromatic rings. The molecular formula is C9H18O2. The van der Waals surface area contributed by atoms with Gasteiger partial charge in [-0.15, -0.1) is 0 Å². The second-order valence-electron chi connectivity index (χ2n) is 2.55. The summed E-state index contributed by atoms with van der Waals surface area (Å²) < 4.78 is 5.14. The molecule has 0 rings (SSSR count). The average Bonchev–Trinajstić information content (AvgIpc) is 2.04. The smallest absolute Gasteiger partial charge is 0.132 e. The van der Waals surface area contributed by atoms with E-state index in [4.69, 9.17) is 4.74 Å². The molecule has 0 aromatic carbocycles. The standard InChI is InChI=1S/C9H18O2/c1-3-9(10)7-5-6-8-11-4-2/h3-8H2,1-2H3. The Kier molecular flexibility index (Phi) is 7.47. The maximum Gasteiger partial charge on any atom is 0.132 e. The van der Waals surface area contributed by atoms with Crippen molar-refractivity contribution in [3.05, 3.63) is 0 Å². The second kappa shape index (κ2) is 7.73. The average molecular weight is 158 g/mol. The molecule has 0 heterocycles. The minimum atomic E-state index is 0.362. The second-order valence-corrected chi connectivity index (χ2v) is 2.55. The van der Waals surface area contributed by atoms with Gasteiger partial charge < -0.3 is 4.74 Å². The third-order valence-electron chi connectivity index (χ3n) is 1.59. The summed E-state index contributed by atoms with van der Waals surface area (Å²) in [6, 6.07) is 0. The van der Waals surface area contributed by atoms with Crippen LogP contribution in [0.3, 0.4) is 0 Å². The number of ether oxygens (including phenoxy) is 1. The Balaban J connectivity index is 2.95. The zero-order valence-corrected chi connectivity index (χ0v) is 7.56. The first-order valence-electron chi connectivity index (χ1n) is 4.40. The summed E-state index contributed by atoms with van der Waals surface area (Å²) in [5, 5.41) is 0. The molecule has 0 aliphatic heterocycles. The van der Waals surface area contributed by atoms with Crippen molar-refractivity contribution in [2.45, 2.75) is 39.5 Å². The molecule has 0 unspecified atom stereocenters. The van der Waals surface area contributed by atoms with Gasteiger partial charge >= 0.3 is 0 Å². The number of hydrogen-bond acceptors (Lipinski definition) is 2. The van der Waals surface area contributed by atoms with E-state index >= 15 is 0 Å². The fraction of sp³-hybridized carbons (Fsp3) is 0.889. The lowest BCUT2D eigenvalue weighted by molar-refractivity contribution is -0.118. The highest BCUT2D eigenvalue weighted by Crippen LogP contribution is 1.98. The van der Waals surface area contributed by atoms with E-state index in [0.717, 1.165) is 32.5 Å². The van der Waals surface area contributed by atoms with Gasteiger partial charge in [-0.25, -0.2) is 0 Å². The SMILES string of the molecule is CCOCCCCC(=O)CC. The number of Topliss-reactive ketones (excluding diaryl/α,β-unsaturated/α-hetero) is 1. The van der Waals surface area contributed by atoms with E-state index in [0.29, 0.717) is 12.2 Å². The maximum atomic E-state index is 10.8. The molecule has 0 N–H and O–H groups in total. The molecule has 0 saturated carbocycles. The van der Waals surface area contributed by atoms with Crippen LogP contribution in [0, 0.1) is 0 Å². The van der Waals surface area contributed by atoms with Crippen LogP contribution in [0.15, 0.2) is 0 Å². The predicted octanol–water partition coefficient (Wildman–Crippen LogP) is 2.17. The summed E-state index contributed by atoms with van der Waals surface area (Å²) in [6.07, 6.45) is 3.39. The van der Waals surface area contributed by atoms with Crippen molar-refractivity contribution in [1.82, 2.24) is 0 Å². The molecule has 0 amide bonds. The minimum absolute atomic E-state index is 0.362. The van der Waals surface area contributed by atoms with Crippen LogP contribution in [0.1, 0.15) is 39.5 Å². The van der Waals surface area contributed by atoms with Gasteiger partial charge in [-0.1, -0.05) is 6.92 Å². The molecule has 2 heteroatoms. The van der Waals surface area contributed by atoms with Gasteiger partial charge in [0.15, 0.2) is 0 Å². The summed E-state index contributed by atoms with van der Waals surface area (Å²) in [6.45, 7) is 5.47. The highest BCUT2D eigenvalue weighted by molar-refractivity contribution is 5.77. The van der Waals surface area contributed by atoms with Crippen LogP contribution in [0.5, 0.6) is 0 Å². The van der Waals surface area contributed by atoms with Crippen LogP contribution in [-0.4, -0.2) is 19.0 Å². The Bertz CT molecular complexity index is 99.7. The molecule has 0 aliphatic carbocycles. The number of rotatable bonds is 7. The first-order chi connectivity index (χ1) is 5.31. The Hall–Kier alpha value is -0.370. The van der Waals surface area contributed by atoms with Crippen molar-refractivity contribution in [2.75, 3.05) is 13.2 Å². The Morgan fingerprint density at radius 3 is 2.55 bits per heavy atom. The van der Waals surface area contributed by atoms with Gasteiger partial charge in [-0.05, 0) is 19.8 Å². The van der Waals surface area contributed by atoms with Gasteiger partial charge in [0.1, 0.15) is 5.78 Å². The van der Waals surface area contributed by atoms with E-state index in [-0.39, 0.29) is 0 Å². The summed E-state index contributed by atoms with van der Waals surface area (Å²) in [5.41, 5.74) is 0. The molecule has 0 radical (unpaired) electrons. The third kappa shape index (κ3) is 7.53. The van der Waals surface area contributed by atoms with Crippen LogP contribution in [0.2, 0.25) is 0 Å². The molecule has 0 aromatic heterocycles. The molecule has 0 saturated heterocycles. The number of unbranched alkanes of at least 4 members (excludes halogenated alkanes) is 1. The van der Waals surface area contributed by atoms with E-state index in [1.54, 1.807) is 0 Å². The first kappa shape index (κ1) is 10.6. The summed E-state index contributed by atoms with van der Waals surface area (Å²) in [5.74, 6) is 0.362. The fourth-order valence-electron chi connectivity index (χ4n) is 0.847. The number of ketones is 1. The van der Waals surface area contributed by atoms with Gasteiger partial charge in [0.25, 0.3) is 0 Å². The quantitative estimate of drug-likeness (QED) is 0.531. The zero-order chi connectivity index (χ0) is 8.53. The monoisotopic (exact) mass is 158 g/mol. The van der Waals surface area contributed by atoms with Crippen LogP contribution < -0.4 is 0 Å². The molecule has 0 spiro atoms. The number of carbonyl (C=O) groups is 1. The molecule has 0 bridgehead atoms. The molecular weight excluding hydrogens is 140 g/mol. The Labute approximate surface area is 68.9 Å². The first-order valence-corrected chi connectivity index (χ1v) is 4.40. The fourth-order valence-corrected chi connectivity index (χ4v) is 0.847. The lowest BCUT2D eigenvalue weighted by Gasteiger charge is -1.99. The van der Waals surface area contributed by atoms with E-state index in [1.165, 1.54) is 0 Å². The van der Waals surface area contributed by atoms with Crippen LogP contribution >= 0.6 is 0 Å². The lowest BCUT2D eigenvalue weighted by Crippen LogP contribution is -1.97. The van der Waals surface area contributed by atoms with E-state index < -0.39 is 0 Å². The van der Waals surface area contributed by atoms with E-state index in [9.17, 15) is 4.79 Å². The van der Waals surface area contributed by atoms with Crippen molar-refractivity contribution >= 4 is 5.78 Å². The summed E-state index contributed by atoms with van der Waals surface area (Å²) in [7, 11) is 0. The Morgan fingerprint density at radius 2 is 2.00 bits per heavy atom. The van der Waals surface area contributed by atoms with Crippen molar-refractivity contribution in [3.63, 3.8) is 0 Å². The van der Waals surface area contributed by atoms with E-state index in [1.807, 2.05) is 13.8 Å². The molecule has 0 fully saturated rings. The van der Waals surface area contributed by atoms with Crippen LogP contribution in [-0.2, 0) is 9.53 Å². The van der Waals surface area contributed by atoms with Crippen molar-refractivity contribution in [1.29, 1.82) is 0 Å². The van der Waals surface area contributed by atoms with Gasteiger partial charge in [0, 0.05) is 26.1 Å². The number of carbonyl (C=O) groups excluding carboxylic acids is 1. The van der Waals surface area contributed by atoms with Crippen LogP contribution in [0.25, 0.3) is 0 Å². The van der Waals surface area contributed by atoms with Crippen molar-refractivity contribution in [3.8, 4) is 0 Å².